The molecule has 302 valence electrons. The molecule has 0 N–H and O–H groups in total. The minimum Gasteiger partial charge on any atom is -0.456 e. The summed E-state index contributed by atoms with van der Waals surface area (Å²) in [6, 6.07) is 91.5. The second-order valence-electron chi connectivity index (χ2n) is 16.7. The molecule has 0 aromatic heterocycles. The highest BCUT2D eigenvalue weighted by molar-refractivity contribution is 5.88. The Labute approximate surface area is 374 Å². The van der Waals surface area contributed by atoms with Gasteiger partial charge in [-0.3, -0.25) is 0 Å². The van der Waals surface area contributed by atoms with Crippen LogP contribution >= 0.6 is 0 Å². The van der Waals surface area contributed by atoms with E-state index in [9.17, 15) is 0 Å². The minimum atomic E-state index is -0.638. The van der Waals surface area contributed by atoms with Gasteiger partial charge in [-0.1, -0.05) is 224 Å². The van der Waals surface area contributed by atoms with Gasteiger partial charge in [0.2, 0.25) is 0 Å². The Bertz CT molecular complexity index is 3020. The molecule has 2 heteroatoms. The van der Waals surface area contributed by atoms with Gasteiger partial charge >= 0.3 is 0 Å². The lowest BCUT2D eigenvalue weighted by molar-refractivity contribution is 0.436. The van der Waals surface area contributed by atoms with Crippen molar-refractivity contribution in [3.8, 4) is 56.4 Å². The molecule has 10 aromatic rings. The number of para-hydroxylation sites is 4. The van der Waals surface area contributed by atoms with E-state index in [1.54, 1.807) is 0 Å². The summed E-state index contributed by atoms with van der Waals surface area (Å²) in [6.45, 7) is 0. The van der Waals surface area contributed by atoms with Crippen molar-refractivity contribution in [3.63, 3.8) is 0 Å². The Balaban J connectivity index is 1.13. The van der Waals surface area contributed by atoms with Crippen LogP contribution in [0.25, 0.3) is 33.4 Å². The average Bonchev–Trinajstić information content (AvgIpc) is 3.38. The van der Waals surface area contributed by atoms with Gasteiger partial charge in [0, 0.05) is 33.4 Å². The standard InChI is InChI=1S/C62H42O2/c1-6-22-43(23-7-1)44-40-45(51-32-20-36-55-59(51)63-57-38-18-16-34-53(57)61(55,47-24-8-2-9-25-47)48-26-10-3-11-27-48)42-46(41-44)52-33-21-37-56-60(52)64-58-39-19-17-35-54(58)62(56,49-28-12-4-13-29-49)50-30-14-5-15-31-50/h1-42H. The van der Waals surface area contributed by atoms with E-state index in [1.165, 1.54) is 22.3 Å². The molecule has 2 nitrogen and oxygen atoms in total. The highest BCUT2D eigenvalue weighted by Crippen LogP contribution is 2.59. The van der Waals surface area contributed by atoms with Crippen LogP contribution in [0.4, 0.5) is 0 Å². The molecular formula is C62H42O2. The van der Waals surface area contributed by atoms with E-state index in [4.69, 9.17) is 9.47 Å². The summed E-state index contributed by atoms with van der Waals surface area (Å²) >= 11 is 0. The van der Waals surface area contributed by atoms with Crippen LogP contribution in [0.15, 0.2) is 255 Å². The summed E-state index contributed by atoms with van der Waals surface area (Å²) in [5, 5.41) is 0. The predicted molar refractivity (Wildman–Crippen MR) is 260 cm³/mol. The predicted octanol–water partition coefficient (Wildman–Crippen LogP) is 15.7. The van der Waals surface area contributed by atoms with E-state index < -0.39 is 10.8 Å². The maximum atomic E-state index is 7.18. The van der Waals surface area contributed by atoms with Gasteiger partial charge in [0.05, 0.1) is 10.8 Å². The summed E-state index contributed by atoms with van der Waals surface area (Å²) < 4.78 is 14.4. The smallest absolute Gasteiger partial charge is 0.140 e. The van der Waals surface area contributed by atoms with E-state index in [2.05, 4.69) is 255 Å². The Hall–Kier alpha value is -8.20. The van der Waals surface area contributed by atoms with Crippen LogP contribution in [-0.4, -0.2) is 0 Å². The van der Waals surface area contributed by atoms with Crippen LogP contribution in [-0.2, 0) is 10.8 Å². The molecule has 2 aliphatic rings. The Morgan fingerprint density at radius 1 is 0.234 bits per heavy atom. The van der Waals surface area contributed by atoms with Crippen molar-refractivity contribution in [1.29, 1.82) is 0 Å². The average molecular weight is 819 g/mol. The van der Waals surface area contributed by atoms with Crippen LogP contribution in [0, 0.1) is 0 Å². The molecule has 0 bridgehead atoms. The molecule has 2 aliphatic heterocycles. The third-order valence-electron chi connectivity index (χ3n) is 13.3. The first kappa shape index (κ1) is 37.6. The van der Waals surface area contributed by atoms with Crippen molar-refractivity contribution in [1.82, 2.24) is 0 Å². The molecule has 0 saturated heterocycles. The molecule has 0 atom stereocenters. The number of rotatable bonds is 7. The fourth-order valence-corrected chi connectivity index (χ4v) is 10.6. The zero-order valence-corrected chi connectivity index (χ0v) is 35.1. The fraction of sp³-hybridized carbons (Fsp3) is 0.0323. The van der Waals surface area contributed by atoms with Gasteiger partial charge in [-0.05, 0) is 74.8 Å². The van der Waals surface area contributed by atoms with Gasteiger partial charge in [0.15, 0.2) is 0 Å². The number of ether oxygens (including phenoxy) is 2. The lowest BCUT2D eigenvalue weighted by Gasteiger charge is -2.42. The third-order valence-corrected chi connectivity index (χ3v) is 13.3. The van der Waals surface area contributed by atoms with Gasteiger partial charge in [0.25, 0.3) is 0 Å². The van der Waals surface area contributed by atoms with Crippen molar-refractivity contribution in [2.75, 3.05) is 0 Å². The highest BCUT2D eigenvalue weighted by atomic mass is 16.5. The summed E-state index contributed by atoms with van der Waals surface area (Å²) in [5.74, 6) is 3.38. The molecule has 2 heterocycles. The zero-order valence-electron chi connectivity index (χ0n) is 35.1. The molecular weight excluding hydrogens is 777 g/mol. The maximum Gasteiger partial charge on any atom is 0.140 e. The molecule has 0 amide bonds. The zero-order chi connectivity index (χ0) is 42.5. The second-order valence-corrected chi connectivity index (χ2v) is 16.7. The number of hydrogen-bond donors (Lipinski definition) is 0. The van der Waals surface area contributed by atoms with Crippen molar-refractivity contribution < 1.29 is 9.47 Å². The van der Waals surface area contributed by atoms with Crippen molar-refractivity contribution >= 4 is 0 Å². The molecule has 0 fully saturated rings. The molecule has 0 saturated carbocycles. The van der Waals surface area contributed by atoms with Crippen LogP contribution in [0.2, 0.25) is 0 Å². The maximum absolute atomic E-state index is 7.18. The first-order chi connectivity index (χ1) is 31.7. The van der Waals surface area contributed by atoms with Crippen LogP contribution in [0.5, 0.6) is 23.0 Å². The van der Waals surface area contributed by atoms with E-state index in [-0.39, 0.29) is 0 Å². The Morgan fingerprint density at radius 2 is 0.547 bits per heavy atom. The van der Waals surface area contributed by atoms with Gasteiger partial charge < -0.3 is 9.47 Å². The molecule has 0 spiro atoms. The molecule has 64 heavy (non-hydrogen) atoms. The summed E-state index contributed by atoms with van der Waals surface area (Å²) in [5.41, 5.74) is 14.2. The van der Waals surface area contributed by atoms with Crippen LogP contribution in [0.3, 0.4) is 0 Å². The second kappa shape index (κ2) is 15.3. The van der Waals surface area contributed by atoms with E-state index >= 15 is 0 Å². The number of hydrogen-bond acceptors (Lipinski definition) is 2. The number of benzene rings is 10. The van der Waals surface area contributed by atoms with E-state index in [0.29, 0.717) is 0 Å². The topological polar surface area (TPSA) is 18.5 Å². The molecule has 0 aliphatic carbocycles. The van der Waals surface area contributed by atoms with E-state index in [1.807, 2.05) is 0 Å². The van der Waals surface area contributed by atoms with Gasteiger partial charge in [-0.2, -0.15) is 0 Å². The van der Waals surface area contributed by atoms with Gasteiger partial charge in [-0.15, -0.1) is 0 Å². The van der Waals surface area contributed by atoms with E-state index in [0.717, 1.165) is 78.6 Å². The van der Waals surface area contributed by atoms with Crippen LogP contribution < -0.4 is 9.47 Å². The largest absolute Gasteiger partial charge is 0.456 e. The van der Waals surface area contributed by atoms with Gasteiger partial charge in [0.1, 0.15) is 23.0 Å². The summed E-state index contributed by atoms with van der Waals surface area (Å²) in [7, 11) is 0. The third kappa shape index (κ3) is 5.73. The minimum absolute atomic E-state index is 0.638. The Kier molecular flexibility index (Phi) is 8.98. The highest BCUT2D eigenvalue weighted by Gasteiger charge is 2.47. The fourth-order valence-electron chi connectivity index (χ4n) is 10.6. The lowest BCUT2D eigenvalue weighted by Crippen LogP contribution is -2.34. The first-order valence-electron chi connectivity index (χ1n) is 22.0. The quantitative estimate of drug-likeness (QED) is 0.159. The number of fused-ring (bicyclic) bond motifs is 4. The molecule has 10 aromatic carbocycles. The van der Waals surface area contributed by atoms with Crippen molar-refractivity contribution in [2.24, 2.45) is 0 Å². The SMILES string of the molecule is c1ccc(-c2cc(-c3cccc4c3Oc3ccccc3C4(c3ccccc3)c3ccccc3)cc(-c3cccc4c3Oc3ccccc3C4(c3ccccc3)c3ccccc3)c2)cc1. The monoisotopic (exact) mass is 818 g/mol. The van der Waals surface area contributed by atoms with Crippen molar-refractivity contribution in [2.45, 2.75) is 10.8 Å². The summed E-state index contributed by atoms with van der Waals surface area (Å²) in [4.78, 5) is 0. The van der Waals surface area contributed by atoms with Gasteiger partial charge in [-0.25, -0.2) is 0 Å². The molecule has 0 unspecified atom stereocenters. The normalized spacial score (nSPS) is 13.8. The lowest BCUT2D eigenvalue weighted by atomic mass is 9.63. The van der Waals surface area contributed by atoms with Crippen LogP contribution in [0.1, 0.15) is 44.5 Å². The molecule has 12 rings (SSSR count). The van der Waals surface area contributed by atoms with Crippen molar-refractivity contribution in [3.05, 3.63) is 299 Å². The molecule has 0 radical (unpaired) electrons. The summed E-state index contributed by atoms with van der Waals surface area (Å²) in [6.07, 6.45) is 0. The Morgan fingerprint density at radius 3 is 0.938 bits per heavy atom. The first-order valence-corrected chi connectivity index (χ1v) is 22.0.